The Labute approximate surface area is 114 Å². The molecule has 0 unspecified atom stereocenters. The van der Waals surface area contributed by atoms with Crippen molar-refractivity contribution in [2.24, 2.45) is 7.05 Å². The molecule has 3 N–H and O–H groups in total. The maximum Gasteiger partial charge on any atom is 0.261 e. The summed E-state index contributed by atoms with van der Waals surface area (Å²) in [6.45, 7) is 1.71. The summed E-state index contributed by atoms with van der Waals surface area (Å²) in [4.78, 5) is 12.0. The first kappa shape index (κ1) is 13.4. The van der Waals surface area contributed by atoms with Crippen LogP contribution in [-0.4, -0.2) is 15.7 Å². The number of aryl methyl sites for hydroxylation is 2. The Morgan fingerprint density at radius 2 is 2.21 bits per heavy atom. The van der Waals surface area contributed by atoms with Crippen LogP contribution < -0.4 is 11.1 Å². The number of carbonyl (C=O) groups excluding carboxylic acids is 1. The van der Waals surface area contributed by atoms with Crippen molar-refractivity contribution in [2.45, 2.75) is 6.92 Å². The number of hydrogen-bond donors (Lipinski definition) is 2. The number of amides is 1. The number of nitrogens with two attached hydrogens (primary N) is 1. The molecule has 0 aliphatic rings. The Balaban J connectivity index is 2.36. The van der Waals surface area contributed by atoms with E-state index in [2.05, 4.69) is 10.4 Å². The van der Waals surface area contributed by atoms with E-state index in [4.69, 9.17) is 17.3 Å². The highest BCUT2D eigenvalue weighted by Gasteiger charge is 2.19. The van der Waals surface area contributed by atoms with Crippen LogP contribution in [0.2, 0.25) is 5.02 Å². The predicted octanol–water partition coefficient (Wildman–Crippen LogP) is 2.36. The summed E-state index contributed by atoms with van der Waals surface area (Å²) in [5, 5.41) is 6.60. The van der Waals surface area contributed by atoms with Crippen molar-refractivity contribution < 1.29 is 9.18 Å². The first-order valence-corrected chi connectivity index (χ1v) is 5.84. The quantitative estimate of drug-likeness (QED) is 0.888. The highest BCUT2D eigenvalue weighted by Crippen LogP contribution is 2.24. The highest BCUT2D eigenvalue weighted by molar-refractivity contribution is 6.34. The number of hydrogen-bond acceptors (Lipinski definition) is 3. The molecule has 19 heavy (non-hydrogen) atoms. The minimum Gasteiger partial charge on any atom is -0.394 e. The van der Waals surface area contributed by atoms with Crippen LogP contribution >= 0.6 is 11.6 Å². The molecule has 0 saturated heterocycles. The summed E-state index contributed by atoms with van der Waals surface area (Å²) in [6, 6.07) is 4.03. The first-order chi connectivity index (χ1) is 8.91. The molecule has 5 nitrogen and oxygen atoms in total. The average molecular weight is 283 g/mol. The lowest BCUT2D eigenvalue weighted by molar-refractivity contribution is 0.102. The van der Waals surface area contributed by atoms with E-state index in [0.717, 1.165) is 0 Å². The molecule has 0 radical (unpaired) electrons. The molecule has 2 aromatic rings. The van der Waals surface area contributed by atoms with Crippen molar-refractivity contribution in [3.63, 3.8) is 0 Å². The minimum atomic E-state index is -0.692. The van der Waals surface area contributed by atoms with Crippen molar-refractivity contribution in [1.29, 1.82) is 0 Å². The molecule has 2 rings (SSSR count). The molecular formula is C12H12ClFN4O. The van der Waals surface area contributed by atoms with Crippen molar-refractivity contribution >= 4 is 29.0 Å². The molecule has 0 fully saturated rings. The fourth-order valence-corrected chi connectivity index (χ4v) is 1.96. The molecule has 100 valence electrons. The lowest BCUT2D eigenvalue weighted by Gasteiger charge is -2.08. The third-order valence-corrected chi connectivity index (χ3v) is 3.01. The largest absolute Gasteiger partial charge is 0.394 e. The van der Waals surface area contributed by atoms with Crippen LogP contribution in [0.3, 0.4) is 0 Å². The van der Waals surface area contributed by atoms with Gasteiger partial charge in [0.25, 0.3) is 5.91 Å². The van der Waals surface area contributed by atoms with Crippen LogP contribution in [-0.2, 0) is 7.05 Å². The Morgan fingerprint density at radius 3 is 2.74 bits per heavy atom. The normalized spacial score (nSPS) is 10.5. The Kier molecular flexibility index (Phi) is 3.44. The van der Waals surface area contributed by atoms with Gasteiger partial charge in [-0.25, -0.2) is 4.39 Å². The fraction of sp³-hybridized carbons (Fsp3) is 0.167. The van der Waals surface area contributed by atoms with E-state index >= 15 is 0 Å². The maximum absolute atomic E-state index is 13.6. The van der Waals surface area contributed by atoms with Crippen molar-refractivity contribution in [2.75, 3.05) is 11.1 Å². The number of nitrogens with zero attached hydrogens (tertiary/aromatic N) is 2. The summed E-state index contributed by atoms with van der Waals surface area (Å²) in [6.07, 6.45) is 0. The smallest absolute Gasteiger partial charge is 0.261 e. The van der Waals surface area contributed by atoms with Crippen LogP contribution in [0.1, 0.15) is 16.1 Å². The fourth-order valence-electron chi connectivity index (χ4n) is 1.71. The van der Waals surface area contributed by atoms with Gasteiger partial charge in [0, 0.05) is 7.05 Å². The predicted molar refractivity (Wildman–Crippen MR) is 71.7 cm³/mol. The van der Waals surface area contributed by atoms with Crippen LogP contribution in [0.15, 0.2) is 18.2 Å². The van der Waals surface area contributed by atoms with Crippen molar-refractivity contribution in [3.05, 3.63) is 40.3 Å². The van der Waals surface area contributed by atoms with Gasteiger partial charge in [0.2, 0.25) is 0 Å². The topological polar surface area (TPSA) is 72.9 Å². The van der Waals surface area contributed by atoms with Gasteiger partial charge < -0.3 is 11.1 Å². The van der Waals surface area contributed by atoms with Gasteiger partial charge in [-0.3, -0.25) is 9.48 Å². The molecule has 0 aliphatic heterocycles. The molecule has 0 aliphatic carbocycles. The van der Waals surface area contributed by atoms with Crippen LogP contribution in [0.4, 0.5) is 15.9 Å². The summed E-state index contributed by atoms with van der Waals surface area (Å²) in [7, 11) is 1.63. The second-order valence-electron chi connectivity index (χ2n) is 4.02. The first-order valence-electron chi connectivity index (χ1n) is 5.46. The number of anilines is 2. The van der Waals surface area contributed by atoms with Crippen LogP contribution in [0, 0.1) is 12.7 Å². The second kappa shape index (κ2) is 4.89. The van der Waals surface area contributed by atoms with E-state index in [9.17, 15) is 9.18 Å². The van der Waals surface area contributed by atoms with Gasteiger partial charge in [-0.15, -0.1) is 0 Å². The van der Waals surface area contributed by atoms with Crippen LogP contribution in [0.25, 0.3) is 0 Å². The van der Waals surface area contributed by atoms with Gasteiger partial charge in [0.15, 0.2) is 5.82 Å². The van der Waals surface area contributed by atoms with Crippen molar-refractivity contribution in [3.8, 4) is 0 Å². The molecule has 1 aromatic carbocycles. The van der Waals surface area contributed by atoms with Gasteiger partial charge in [-0.2, -0.15) is 5.10 Å². The third kappa shape index (κ3) is 2.39. The zero-order chi connectivity index (χ0) is 14.2. The third-order valence-electron chi connectivity index (χ3n) is 2.69. The van der Waals surface area contributed by atoms with Gasteiger partial charge in [-0.05, 0) is 19.1 Å². The molecule has 7 heteroatoms. The molecule has 0 spiro atoms. The second-order valence-corrected chi connectivity index (χ2v) is 4.43. The van der Waals surface area contributed by atoms with E-state index in [1.165, 1.54) is 22.9 Å². The summed E-state index contributed by atoms with van der Waals surface area (Å²) >= 11 is 5.82. The molecule has 1 aromatic heterocycles. The Morgan fingerprint density at radius 1 is 1.53 bits per heavy atom. The number of aromatic nitrogens is 2. The molecule has 0 bridgehead atoms. The number of rotatable bonds is 2. The van der Waals surface area contributed by atoms with E-state index in [-0.39, 0.29) is 10.6 Å². The van der Waals surface area contributed by atoms with Gasteiger partial charge in [0.1, 0.15) is 5.82 Å². The maximum atomic E-state index is 13.6. The number of nitrogens with one attached hydrogen (secondary N) is 1. The Bertz CT molecular complexity index is 633. The zero-order valence-electron chi connectivity index (χ0n) is 10.4. The molecule has 0 saturated carbocycles. The lowest BCUT2D eigenvalue weighted by atomic mass is 10.2. The standard InChI is InChI=1S/C12H12ClFN4O/c1-6-10(15)11(18(2)17-6)16-12(19)9-7(13)4-3-5-8(9)14/h3-5H,15H2,1-2H3,(H,16,19). The number of halogens is 2. The van der Waals surface area contributed by atoms with E-state index in [0.29, 0.717) is 17.2 Å². The minimum absolute atomic E-state index is 0.0370. The molecular weight excluding hydrogens is 271 g/mol. The van der Waals surface area contributed by atoms with Gasteiger partial charge in [-0.1, -0.05) is 17.7 Å². The SMILES string of the molecule is Cc1nn(C)c(NC(=O)c2c(F)cccc2Cl)c1N. The summed E-state index contributed by atoms with van der Waals surface area (Å²) in [5.74, 6) is -1.05. The average Bonchev–Trinajstić information content (AvgIpc) is 2.56. The highest BCUT2D eigenvalue weighted by atomic mass is 35.5. The number of benzene rings is 1. The lowest BCUT2D eigenvalue weighted by Crippen LogP contribution is -2.17. The summed E-state index contributed by atoms with van der Waals surface area (Å²) < 4.78 is 15.0. The number of carbonyl (C=O) groups is 1. The zero-order valence-corrected chi connectivity index (χ0v) is 11.1. The molecule has 1 amide bonds. The monoisotopic (exact) mass is 282 g/mol. The van der Waals surface area contributed by atoms with E-state index < -0.39 is 11.7 Å². The van der Waals surface area contributed by atoms with E-state index in [1.54, 1.807) is 14.0 Å². The Hall–Kier alpha value is -2.08. The summed E-state index contributed by atoms with van der Waals surface area (Å²) in [5.41, 5.74) is 6.48. The van der Waals surface area contributed by atoms with Crippen molar-refractivity contribution in [1.82, 2.24) is 9.78 Å². The van der Waals surface area contributed by atoms with Gasteiger partial charge in [0.05, 0.1) is 22.0 Å². The van der Waals surface area contributed by atoms with E-state index in [1.807, 2.05) is 0 Å². The van der Waals surface area contributed by atoms with Gasteiger partial charge >= 0.3 is 0 Å². The molecule has 1 heterocycles. The number of nitrogen functional groups attached to an aromatic ring is 1. The molecule has 0 atom stereocenters. The van der Waals surface area contributed by atoms with Crippen LogP contribution in [0.5, 0.6) is 0 Å².